The molecule has 1 saturated heterocycles. The number of hydrogen-bond donors (Lipinski definition) is 1. The van der Waals surface area contributed by atoms with Crippen molar-refractivity contribution >= 4 is 21.6 Å². The van der Waals surface area contributed by atoms with Crippen molar-refractivity contribution < 1.29 is 31.1 Å². The van der Waals surface area contributed by atoms with Crippen LogP contribution in [-0.2, 0) is 21.0 Å². The number of nitrogens with one attached hydrogen (secondary N) is 1. The third kappa shape index (κ3) is 4.93. The molecule has 10 heteroatoms. The number of hydrogen-bond acceptors (Lipinski definition) is 4. The summed E-state index contributed by atoms with van der Waals surface area (Å²) in [4.78, 5) is 13.0. The zero-order chi connectivity index (χ0) is 21.9. The summed E-state index contributed by atoms with van der Waals surface area (Å²) < 4.78 is 71.9. The van der Waals surface area contributed by atoms with Crippen molar-refractivity contribution in [3.05, 3.63) is 54.1 Å². The number of benzene rings is 2. The van der Waals surface area contributed by atoms with Crippen LogP contribution >= 0.6 is 0 Å². The lowest BCUT2D eigenvalue weighted by molar-refractivity contribution is -0.139. The normalized spacial score (nSPS) is 17.4. The Kier molecular flexibility index (Phi) is 6.37. The van der Waals surface area contributed by atoms with Gasteiger partial charge in [-0.15, -0.1) is 0 Å². The largest absolute Gasteiger partial charge is 0.494 e. The molecule has 1 aliphatic rings. The van der Waals surface area contributed by atoms with Gasteiger partial charge in [-0.2, -0.15) is 13.2 Å². The molecule has 0 aromatic heterocycles. The van der Waals surface area contributed by atoms with Crippen molar-refractivity contribution in [2.24, 2.45) is 5.92 Å². The van der Waals surface area contributed by atoms with Gasteiger partial charge in [0.2, 0.25) is 15.9 Å². The minimum Gasteiger partial charge on any atom is -0.494 e. The first-order valence-electron chi connectivity index (χ1n) is 9.31. The number of nitrogens with zero attached hydrogens (tertiary/aromatic N) is 1. The topological polar surface area (TPSA) is 75.7 Å². The van der Waals surface area contributed by atoms with E-state index in [1.165, 1.54) is 11.0 Å². The fourth-order valence-corrected chi connectivity index (χ4v) is 4.64. The van der Waals surface area contributed by atoms with Crippen LogP contribution in [0.2, 0.25) is 0 Å². The molecule has 2 aromatic rings. The lowest BCUT2D eigenvalue weighted by Gasteiger charge is -2.18. The molecule has 0 unspecified atom stereocenters. The fraction of sp³-hybridized carbons (Fsp3) is 0.350. The van der Waals surface area contributed by atoms with Crippen LogP contribution in [0.3, 0.4) is 0 Å². The number of carbonyl (C=O) groups excluding carboxylic acids is 1. The van der Waals surface area contributed by atoms with Gasteiger partial charge in [0.1, 0.15) is 5.75 Å². The van der Waals surface area contributed by atoms with Crippen LogP contribution in [0.25, 0.3) is 0 Å². The van der Waals surface area contributed by atoms with E-state index < -0.39 is 26.7 Å². The summed E-state index contributed by atoms with van der Waals surface area (Å²) in [5, 5.41) is 0. The van der Waals surface area contributed by atoms with Crippen LogP contribution in [-0.4, -0.2) is 34.0 Å². The van der Waals surface area contributed by atoms with Gasteiger partial charge in [-0.3, -0.25) is 4.79 Å². The van der Waals surface area contributed by atoms with Crippen molar-refractivity contribution in [3.8, 4) is 5.75 Å². The van der Waals surface area contributed by atoms with Gasteiger partial charge in [0.15, 0.2) is 0 Å². The summed E-state index contributed by atoms with van der Waals surface area (Å²) in [6.45, 7) is 2.49. The highest BCUT2D eigenvalue weighted by Gasteiger charge is 2.37. The third-order valence-electron chi connectivity index (χ3n) is 4.71. The maximum absolute atomic E-state index is 13.1. The number of amides is 1. The number of alkyl halides is 3. The first-order chi connectivity index (χ1) is 14.1. The molecule has 162 valence electrons. The van der Waals surface area contributed by atoms with E-state index in [4.69, 9.17) is 4.74 Å². The minimum absolute atomic E-state index is 0.0939. The Balaban J connectivity index is 1.68. The lowest BCUT2D eigenvalue weighted by Crippen LogP contribution is -2.32. The number of ether oxygens (including phenoxy) is 1. The van der Waals surface area contributed by atoms with Crippen LogP contribution in [0, 0.1) is 5.92 Å². The Morgan fingerprint density at radius 3 is 2.43 bits per heavy atom. The molecule has 0 aliphatic carbocycles. The van der Waals surface area contributed by atoms with Gasteiger partial charge in [0.25, 0.3) is 0 Å². The molecular formula is C20H21F3N2O4S. The van der Waals surface area contributed by atoms with Gasteiger partial charge in [-0.1, -0.05) is 12.1 Å². The zero-order valence-electron chi connectivity index (χ0n) is 16.1. The number of sulfonamides is 1. The maximum Gasteiger partial charge on any atom is 0.417 e. The predicted octanol–water partition coefficient (Wildman–Crippen LogP) is 3.44. The van der Waals surface area contributed by atoms with E-state index in [1.807, 2.05) is 6.92 Å². The van der Waals surface area contributed by atoms with Crippen LogP contribution in [0.1, 0.15) is 18.9 Å². The van der Waals surface area contributed by atoms with Crippen molar-refractivity contribution in [1.82, 2.24) is 4.72 Å². The molecule has 0 bridgehead atoms. The third-order valence-corrected chi connectivity index (χ3v) is 6.19. The molecule has 30 heavy (non-hydrogen) atoms. The first-order valence-corrected chi connectivity index (χ1v) is 10.8. The van der Waals surface area contributed by atoms with Crippen LogP contribution in [0.4, 0.5) is 18.9 Å². The monoisotopic (exact) mass is 442 g/mol. The van der Waals surface area contributed by atoms with Gasteiger partial charge >= 0.3 is 6.18 Å². The Hall–Kier alpha value is -2.59. The minimum atomic E-state index is -4.79. The van der Waals surface area contributed by atoms with Crippen LogP contribution in [0.5, 0.6) is 5.75 Å². The summed E-state index contributed by atoms with van der Waals surface area (Å²) in [7, 11) is -4.39. The highest BCUT2D eigenvalue weighted by molar-refractivity contribution is 7.89. The smallest absolute Gasteiger partial charge is 0.417 e. The molecule has 1 aliphatic heterocycles. The molecule has 1 N–H and O–H groups in total. The summed E-state index contributed by atoms with van der Waals surface area (Å²) in [5.41, 5.74) is -0.577. The molecular weight excluding hydrogens is 421 g/mol. The lowest BCUT2D eigenvalue weighted by atomic mass is 10.1. The molecule has 1 atom stereocenters. The van der Waals surface area contributed by atoms with E-state index in [2.05, 4.69) is 4.72 Å². The van der Waals surface area contributed by atoms with E-state index in [1.54, 1.807) is 24.3 Å². The summed E-state index contributed by atoms with van der Waals surface area (Å²) in [6.07, 6.45) is -4.70. The van der Waals surface area contributed by atoms with Crippen molar-refractivity contribution in [2.75, 3.05) is 24.6 Å². The molecule has 6 nitrogen and oxygen atoms in total. The molecule has 1 amide bonds. The molecule has 1 heterocycles. The SMILES string of the molecule is CCOc1ccc(N2C[C@H](CNS(=O)(=O)c3ccccc3C(F)(F)F)CC2=O)cc1. The van der Waals surface area contributed by atoms with E-state index >= 15 is 0 Å². The quantitative estimate of drug-likeness (QED) is 0.713. The first kappa shape index (κ1) is 22.1. The zero-order valence-corrected chi connectivity index (χ0v) is 17.0. The number of rotatable bonds is 7. The van der Waals surface area contributed by atoms with Gasteiger partial charge in [-0.05, 0) is 49.2 Å². The molecule has 0 saturated carbocycles. The highest BCUT2D eigenvalue weighted by atomic mass is 32.2. The molecule has 3 rings (SSSR count). The molecule has 0 radical (unpaired) electrons. The standard InChI is InChI=1S/C20H21F3N2O4S/c1-2-29-16-9-7-15(8-10-16)25-13-14(11-19(25)26)12-24-30(27,28)18-6-4-3-5-17(18)20(21,22)23/h3-10,14,24H,2,11-13H2,1H3/t14-/m0/s1. The van der Waals surface area contributed by atoms with Gasteiger partial charge in [0, 0.05) is 25.2 Å². The average molecular weight is 442 g/mol. The second-order valence-corrected chi connectivity index (χ2v) is 8.58. The van der Waals surface area contributed by atoms with Gasteiger partial charge < -0.3 is 9.64 Å². The Morgan fingerprint density at radius 2 is 1.80 bits per heavy atom. The Bertz CT molecular complexity index is 1010. The fourth-order valence-electron chi connectivity index (χ4n) is 3.30. The molecule has 0 spiro atoms. The summed E-state index contributed by atoms with van der Waals surface area (Å²) >= 11 is 0. The summed E-state index contributed by atoms with van der Waals surface area (Å²) in [5.74, 6) is 0.122. The van der Waals surface area contributed by atoms with Crippen molar-refractivity contribution in [3.63, 3.8) is 0 Å². The van der Waals surface area contributed by atoms with Gasteiger partial charge in [0.05, 0.1) is 17.1 Å². The number of halogens is 3. The maximum atomic E-state index is 13.1. The highest BCUT2D eigenvalue weighted by Crippen LogP contribution is 2.34. The second-order valence-electron chi connectivity index (χ2n) is 6.85. The average Bonchev–Trinajstić information content (AvgIpc) is 3.07. The van der Waals surface area contributed by atoms with Crippen LogP contribution < -0.4 is 14.4 Å². The Morgan fingerprint density at radius 1 is 1.13 bits per heavy atom. The van der Waals surface area contributed by atoms with Gasteiger partial charge in [-0.25, -0.2) is 13.1 Å². The Labute approximate surface area is 172 Å². The molecule has 2 aromatic carbocycles. The van der Waals surface area contributed by atoms with E-state index in [9.17, 15) is 26.4 Å². The number of carbonyl (C=O) groups is 1. The molecule has 1 fully saturated rings. The second kappa shape index (κ2) is 8.65. The van der Waals surface area contributed by atoms with Crippen molar-refractivity contribution in [2.45, 2.75) is 24.4 Å². The van der Waals surface area contributed by atoms with Crippen molar-refractivity contribution in [1.29, 1.82) is 0 Å². The van der Waals surface area contributed by atoms with Crippen LogP contribution in [0.15, 0.2) is 53.4 Å². The number of anilines is 1. The van der Waals surface area contributed by atoms with E-state index in [-0.39, 0.29) is 31.3 Å². The van der Waals surface area contributed by atoms with E-state index in [0.717, 1.165) is 18.2 Å². The van der Waals surface area contributed by atoms with E-state index in [0.29, 0.717) is 18.0 Å². The predicted molar refractivity (Wildman–Crippen MR) is 105 cm³/mol. The summed E-state index contributed by atoms with van der Waals surface area (Å²) in [6, 6.07) is 10.9.